The minimum atomic E-state index is 0.0966. The molecule has 0 radical (unpaired) electrons. The van der Waals surface area contributed by atoms with Crippen LogP contribution in [0.3, 0.4) is 0 Å². The van der Waals surface area contributed by atoms with Crippen LogP contribution in [0.4, 0.5) is 0 Å². The molecule has 2 atom stereocenters. The number of hydrogen-bond donors (Lipinski definition) is 0. The molecule has 0 N–H and O–H groups in total. The van der Waals surface area contributed by atoms with Crippen LogP contribution in [0.25, 0.3) is 0 Å². The van der Waals surface area contributed by atoms with E-state index in [9.17, 15) is 0 Å². The summed E-state index contributed by atoms with van der Waals surface area (Å²) in [5.74, 6) is 0. The summed E-state index contributed by atoms with van der Waals surface area (Å²) in [6.45, 7) is 3.71. The maximum absolute atomic E-state index is 3.71. The third-order valence-electron chi connectivity index (χ3n) is 1.38. The van der Waals surface area contributed by atoms with E-state index in [1.807, 2.05) is 6.08 Å². The molecule has 0 aromatic heterocycles. The van der Waals surface area contributed by atoms with Crippen LogP contribution in [0.2, 0.25) is 0 Å². The molecule has 0 aromatic carbocycles. The van der Waals surface area contributed by atoms with Gasteiger partial charge in [-0.15, -0.1) is 18.3 Å². The van der Waals surface area contributed by atoms with Gasteiger partial charge in [0.1, 0.15) is 0 Å². The maximum atomic E-state index is 3.71. The molecule has 0 bridgehead atoms. The van der Waals surface area contributed by atoms with Crippen molar-refractivity contribution in [3.63, 3.8) is 0 Å². The molecule has 0 spiro atoms. The van der Waals surface area contributed by atoms with Gasteiger partial charge in [0.15, 0.2) is 0 Å². The van der Waals surface area contributed by atoms with Crippen LogP contribution in [-0.2, 0) is 0 Å². The second kappa shape index (κ2) is 3.46. The summed E-state index contributed by atoms with van der Waals surface area (Å²) in [7, 11) is 0. The van der Waals surface area contributed by atoms with Gasteiger partial charge in [-0.2, -0.15) is 0 Å². The summed E-state index contributed by atoms with van der Waals surface area (Å²) in [6.07, 6.45) is 5.06. The number of halogens is 2. The molecular formula is C7H8Br2S. The fourth-order valence-electron chi connectivity index (χ4n) is 0.792. The van der Waals surface area contributed by atoms with Crippen molar-refractivity contribution < 1.29 is 0 Å². The van der Waals surface area contributed by atoms with Crippen molar-refractivity contribution in [2.24, 2.45) is 0 Å². The molecule has 0 nitrogen and oxygen atoms in total. The Bertz CT molecular complexity index is 167. The van der Waals surface area contributed by atoms with Crippen molar-refractivity contribution in [2.45, 2.75) is 14.9 Å². The largest absolute Gasteiger partial charge is 0.118 e. The van der Waals surface area contributed by atoms with E-state index in [1.54, 1.807) is 11.8 Å². The van der Waals surface area contributed by atoms with Gasteiger partial charge in [-0.1, -0.05) is 44.0 Å². The lowest BCUT2D eigenvalue weighted by atomic mass is 10.1. The average Bonchev–Trinajstić information content (AvgIpc) is 2.15. The van der Waals surface area contributed by atoms with Gasteiger partial charge >= 0.3 is 0 Å². The van der Waals surface area contributed by atoms with E-state index in [0.29, 0.717) is 4.16 Å². The highest BCUT2D eigenvalue weighted by Gasteiger charge is 2.34. The van der Waals surface area contributed by atoms with Crippen molar-refractivity contribution in [1.82, 2.24) is 0 Å². The number of thioether (sulfide) groups is 1. The Hall–Kier alpha value is 0.790. The number of allylic oxidation sites excluding steroid dienone is 2. The smallest absolute Gasteiger partial charge is 0.0832 e. The van der Waals surface area contributed by atoms with E-state index in [4.69, 9.17) is 0 Å². The Morgan fingerprint density at radius 2 is 2.50 bits per heavy atom. The van der Waals surface area contributed by atoms with Gasteiger partial charge in [0, 0.05) is 0 Å². The molecule has 0 aliphatic carbocycles. The van der Waals surface area contributed by atoms with Crippen LogP contribution in [0.15, 0.2) is 24.1 Å². The van der Waals surface area contributed by atoms with Crippen LogP contribution in [0, 0.1) is 0 Å². The normalized spacial score (nSPS) is 38.4. The van der Waals surface area contributed by atoms with E-state index in [2.05, 4.69) is 49.9 Å². The summed E-state index contributed by atoms with van der Waals surface area (Å²) in [6, 6.07) is 0. The van der Waals surface area contributed by atoms with Crippen molar-refractivity contribution in [3.05, 3.63) is 24.1 Å². The number of hydrogen-bond acceptors (Lipinski definition) is 1. The van der Waals surface area contributed by atoms with Gasteiger partial charge in [0.05, 0.1) is 8.48 Å². The molecule has 3 heteroatoms. The third-order valence-corrected chi connectivity index (χ3v) is 5.76. The molecule has 1 aliphatic heterocycles. The molecule has 0 saturated carbocycles. The molecule has 0 saturated heterocycles. The third kappa shape index (κ3) is 1.69. The molecule has 0 aromatic rings. The van der Waals surface area contributed by atoms with E-state index < -0.39 is 0 Å². The van der Waals surface area contributed by atoms with Gasteiger partial charge in [-0.3, -0.25) is 0 Å². The number of rotatable bonds is 2. The highest BCUT2D eigenvalue weighted by atomic mass is 79.9. The molecule has 0 amide bonds. The van der Waals surface area contributed by atoms with Crippen LogP contribution < -0.4 is 0 Å². The molecule has 56 valence electrons. The molecule has 1 heterocycles. The quantitative estimate of drug-likeness (QED) is 0.550. The SMILES string of the molecule is C=CCC1(Br)C=CSC1Br. The summed E-state index contributed by atoms with van der Waals surface area (Å²) in [4.78, 5) is 0. The second-order valence-electron chi connectivity index (χ2n) is 2.17. The summed E-state index contributed by atoms with van der Waals surface area (Å²) < 4.78 is 0.539. The van der Waals surface area contributed by atoms with Crippen molar-refractivity contribution in [2.75, 3.05) is 0 Å². The van der Waals surface area contributed by atoms with E-state index in [1.165, 1.54) is 0 Å². The molecule has 10 heavy (non-hydrogen) atoms. The molecule has 1 rings (SSSR count). The lowest BCUT2D eigenvalue weighted by molar-refractivity contribution is 0.828. The Kier molecular flexibility index (Phi) is 3.07. The second-order valence-corrected chi connectivity index (χ2v) is 6.19. The monoisotopic (exact) mass is 282 g/mol. The minimum absolute atomic E-state index is 0.0966. The predicted molar refractivity (Wildman–Crippen MR) is 55.9 cm³/mol. The first kappa shape index (κ1) is 8.88. The zero-order chi connectivity index (χ0) is 7.61. The zero-order valence-corrected chi connectivity index (χ0v) is 9.38. The first-order valence-corrected chi connectivity index (χ1v) is 5.61. The van der Waals surface area contributed by atoms with Crippen LogP contribution in [-0.4, -0.2) is 8.48 Å². The van der Waals surface area contributed by atoms with Crippen LogP contribution in [0.5, 0.6) is 0 Å². The summed E-state index contributed by atoms with van der Waals surface area (Å²) in [5, 5.41) is 2.11. The number of alkyl halides is 2. The van der Waals surface area contributed by atoms with E-state index in [-0.39, 0.29) is 4.32 Å². The molecule has 1 aliphatic rings. The minimum Gasteiger partial charge on any atom is -0.118 e. The fourth-order valence-corrected chi connectivity index (χ4v) is 3.23. The summed E-state index contributed by atoms with van der Waals surface area (Å²) >= 11 is 9.00. The zero-order valence-electron chi connectivity index (χ0n) is 5.39. The lowest BCUT2D eigenvalue weighted by Crippen LogP contribution is -2.22. The molecule has 2 unspecified atom stereocenters. The van der Waals surface area contributed by atoms with Gasteiger partial charge in [0.25, 0.3) is 0 Å². The molecular weight excluding hydrogens is 276 g/mol. The summed E-state index contributed by atoms with van der Waals surface area (Å²) in [5.41, 5.74) is 0. The lowest BCUT2D eigenvalue weighted by Gasteiger charge is -2.21. The Morgan fingerprint density at radius 3 is 2.90 bits per heavy atom. The highest BCUT2D eigenvalue weighted by molar-refractivity contribution is 9.14. The fraction of sp³-hybridized carbons (Fsp3) is 0.429. The van der Waals surface area contributed by atoms with Crippen molar-refractivity contribution >= 4 is 43.6 Å². The first-order chi connectivity index (χ1) is 4.69. The highest BCUT2D eigenvalue weighted by Crippen LogP contribution is 2.45. The van der Waals surface area contributed by atoms with Gasteiger partial charge < -0.3 is 0 Å². The first-order valence-electron chi connectivity index (χ1n) is 2.96. The van der Waals surface area contributed by atoms with Gasteiger partial charge in [0.2, 0.25) is 0 Å². The predicted octanol–water partition coefficient (Wildman–Crippen LogP) is 3.68. The van der Waals surface area contributed by atoms with E-state index in [0.717, 1.165) is 6.42 Å². The Balaban J connectivity index is 2.65. The van der Waals surface area contributed by atoms with Crippen LogP contribution in [0.1, 0.15) is 6.42 Å². The van der Waals surface area contributed by atoms with E-state index >= 15 is 0 Å². The Labute approximate surface area is 82.4 Å². The van der Waals surface area contributed by atoms with Crippen LogP contribution >= 0.6 is 43.6 Å². The van der Waals surface area contributed by atoms with Gasteiger partial charge in [-0.25, -0.2) is 0 Å². The van der Waals surface area contributed by atoms with Gasteiger partial charge in [-0.05, 0) is 11.8 Å². The average molecular weight is 284 g/mol. The maximum Gasteiger partial charge on any atom is 0.0832 e. The van der Waals surface area contributed by atoms with Crippen molar-refractivity contribution in [1.29, 1.82) is 0 Å². The topological polar surface area (TPSA) is 0 Å². The Morgan fingerprint density at radius 1 is 1.80 bits per heavy atom. The standard InChI is InChI=1S/C7H8Br2S/c1-2-3-7(9)4-5-10-6(7)8/h2,4-6H,1,3H2. The molecule has 0 fully saturated rings. The van der Waals surface area contributed by atoms with Crippen molar-refractivity contribution in [3.8, 4) is 0 Å².